The van der Waals surface area contributed by atoms with E-state index in [0.717, 1.165) is 36.3 Å². The van der Waals surface area contributed by atoms with Crippen LogP contribution in [0.2, 0.25) is 0 Å². The third-order valence-corrected chi connectivity index (χ3v) is 7.91. The van der Waals surface area contributed by atoms with Gasteiger partial charge in [-0.15, -0.1) is 0 Å². The van der Waals surface area contributed by atoms with Crippen molar-refractivity contribution in [2.75, 3.05) is 4.90 Å². The molecule has 0 bridgehead atoms. The minimum absolute atomic E-state index is 0.919. The lowest BCUT2D eigenvalue weighted by Crippen LogP contribution is -2.16. The van der Waals surface area contributed by atoms with Crippen molar-refractivity contribution < 1.29 is 0 Å². The Labute approximate surface area is 266 Å². The molecule has 0 spiro atoms. The van der Waals surface area contributed by atoms with E-state index in [-0.39, 0.29) is 0 Å². The molecule has 4 aromatic carbocycles. The van der Waals surface area contributed by atoms with Gasteiger partial charge in [-0.3, -0.25) is 0 Å². The van der Waals surface area contributed by atoms with Crippen molar-refractivity contribution in [3.63, 3.8) is 0 Å². The molecule has 0 unspecified atom stereocenters. The highest BCUT2D eigenvalue weighted by molar-refractivity contribution is 5.85. The van der Waals surface area contributed by atoms with Crippen molar-refractivity contribution in [3.8, 4) is 22.3 Å². The van der Waals surface area contributed by atoms with Gasteiger partial charge in [-0.1, -0.05) is 140 Å². The van der Waals surface area contributed by atoms with Crippen molar-refractivity contribution in [3.05, 3.63) is 169 Å². The molecule has 0 aliphatic rings. The molecular formula is C43H47N. The number of nitrogens with zero attached hydrogens (tertiary/aromatic N) is 1. The van der Waals surface area contributed by atoms with Crippen LogP contribution in [0.5, 0.6) is 0 Å². The topological polar surface area (TPSA) is 3.24 Å². The number of benzene rings is 4. The van der Waals surface area contributed by atoms with E-state index in [1.165, 1.54) is 46.2 Å². The molecule has 1 heteroatoms. The van der Waals surface area contributed by atoms with E-state index in [1.54, 1.807) is 0 Å². The zero-order chi connectivity index (χ0) is 31.0. The number of rotatable bonds is 14. The van der Waals surface area contributed by atoms with Crippen molar-refractivity contribution in [1.29, 1.82) is 0 Å². The predicted molar refractivity (Wildman–Crippen MR) is 194 cm³/mol. The first-order valence-electron chi connectivity index (χ1n) is 16.1. The second-order valence-electron chi connectivity index (χ2n) is 10.9. The Balaban J connectivity index is 1.58. The zero-order valence-corrected chi connectivity index (χ0v) is 26.9. The van der Waals surface area contributed by atoms with Crippen molar-refractivity contribution in [2.24, 2.45) is 0 Å². The van der Waals surface area contributed by atoms with E-state index in [4.69, 9.17) is 0 Å². The molecule has 0 atom stereocenters. The lowest BCUT2D eigenvalue weighted by atomic mass is 9.98. The minimum atomic E-state index is 0.919. The summed E-state index contributed by atoms with van der Waals surface area (Å²) < 4.78 is 0. The van der Waals surface area contributed by atoms with Crippen molar-refractivity contribution in [1.82, 2.24) is 0 Å². The number of anilines is 2. The van der Waals surface area contributed by atoms with E-state index < -0.39 is 0 Å². The van der Waals surface area contributed by atoms with Gasteiger partial charge < -0.3 is 4.90 Å². The summed E-state index contributed by atoms with van der Waals surface area (Å²) in [6.45, 7) is 8.53. The van der Waals surface area contributed by atoms with Gasteiger partial charge >= 0.3 is 0 Å². The van der Waals surface area contributed by atoms with E-state index >= 15 is 0 Å². The Kier molecular flexibility index (Phi) is 12.8. The highest BCUT2D eigenvalue weighted by atomic mass is 15.1. The second-order valence-corrected chi connectivity index (χ2v) is 10.9. The summed E-state index contributed by atoms with van der Waals surface area (Å²) in [6, 6.07) is 37.2. The molecule has 0 amide bonds. The third-order valence-electron chi connectivity index (χ3n) is 7.91. The second kappa shape index (κ2) is 17.5. The van der Waals surface area contributed by atoms with Gasteiger partial charge in [-0.25, -0.2) is 0 Å². The van der Waals surface area contributed by atoms with Gasteiger partial charge in [0.15, 0.2) is 0 Å². The maximum atomic E-state index is 2.37. The van der Waals surface area contributed by atoms with Crippen LogP contribution in [0.15, 0.2) is 163 Å². The average molecular weight is 578 g/mol. The van der Waals surface area contributed by atoms with Gasteiger partial charge in [-0.2, -0.15) is 0 Å². The zero-order valence-electron chi connectivity index (χ0n) is 26.9. The molecule has 0 saturated heterocycles. The number of hydrogen-bond donors (Lipinski definition) is 0. The monoisotopic (exact) mass is 577 g/mol. The van der Waals surface area contributed by atoms with Crippen LogP contribution in [0, 0.1) is 0 Å². The molecule has 1 nitrogen and oxygen atoms in total. The molecule has 0 saturated carbocycles. The van der Waals surface area contributed by atoms with Crippen molar-refractivity contribution in [2.45, 2.75) is 59.8 Å². The first kappa shape index (κ1) is 32.3. The van der Waals surface area contributed by atoms with Gasteiger partial charge in [0.05, 0.1) is 5.69 Å². The van der Waals surface area contributed by atoms with E-state index in [2.05, 4.69) is 184 Å². The molecular weight excluding hydrogens is 530 g/mol. The molecule has 224 valence electrons. The normalized spacial score (nSPS) is 12.5. The molecule has 4 rings (SSSR count). The summed E-state index contributed by atoms with van der Waals surface area (Å²) in [5.41, 5.74) is 11.1. The largest absolute Gasteiger partial charge is 0.310 e. The van der Waals surface area contributed by atoms with Crippen molar-refractivity contribution >= 4 is 11.4 Å². The smallest absolute Gasteiger partial charge is 0.0539 e. The number of para-hydroxylation sites is 1. The van der Waals surface area contributed by atoms with E-state index in [1.807, 2.05) is 0 Å². The van der Waals surface area contributed by atoms with Gasteiger partial charge in [0.2, 0.25) is 0 Å². The number of hydrogen-bond acceptors (Lipinski definition) is 1. The maximum absolute atomic E-state index is 2.37. The standard InChI is InChI=1S/C43H47N/c1-5-9-10-12-20-35(7-3)21-15-16-22-36-27-33-41(34-28-36)44(40(8-4)19-6-2)43-26-18-17-25-42(43)39-31-29-38(30-32-39)37-23-13-11-14-24-37/h5-6,8-9,11,13-19,21,23-34H,7,10,12,20,22H2,1-4H3/b9-5-,16-15-,19-6-,35-21+,40-8+. The van der Waals surface area contributed by atoms with Crippen LogP contribution < -0.4 is 4.90 Å². The highest BCUT2D eigenvalue weighted by Gasteiger charge is 2.17. The minimum Gasteiger partial charge on any atom is -0.310 e. The molecule has 0 radical (unpaired) electrons. The molecule has 4 aromatic rings. The van der Waals surface area contributed by atoms with E-state index in [0.29, 0.717) is 0 Å². The van der Waals surface area contributed by atoms with Crippen LogP contribution in [0.3, 0.4) is 0 Å². The lowest BCUT2D eigenvalue weighted by molar-refractivity contribution is 0.803. The van der Waals surface area contributed by atoms with Gasteiger partial charge in [0.25, 0.3) is 0 Å². The molecule has 0 aliphatic heterocycles. The Hall–Kier alpha value is -4.62. The Morgan fingerprint density at radius 3 is 2.05 bits per heavy atom. The number of allylic oxidation sites excluding steroid dienone is 9. The Morgan fingerprint density at radius 2 is 1.36 bits per heavy atom. The third kappa shape index (κ3) is 8.94. The quantitative estimate of drug-likeness (QED) is 0.0818. The van der Waals surface area contributed by atoms with Gasteiger partial charge in [0.1, 0.15) is 0 Å². The van der Waals surface area contributed by atoms with Gasteiger partial charge in [-0.05, 0) is 99.4 Å². The van der Waals surface area contributed by atoms with Crippen LogP contribution in [-0.4, -0.2) is 0 Å². The Morgan fingerprint density at radius 1 is 0.682 bits per heavy atom. The summed E-state index contributed by atoms with van der Waals surface area (Å²) in [5.74, 6) is 0. The van der Waals surface area contributed by atoms with Crippen LogP contribution in [0.25, 0.3) is 22.3 Å². The van der Waals surface area contributed by atoms with Gasteiger partial charge in [0, 0.05) is 16.9 Å². The fourth-order valence-corrected chi connectivity index (χ4v) is 5.46. The van der Waals surface area contributed by atoms with E-state index in [9.17, 15) is 0 Å². The summed E-state index contributed by atoms with van der Waals surface area (Å²) in [5, 5.41) is 0. The summed E-state index contributed by atoms with van der Waals surface area (Å²) in [7, 11) is 0. The fraction of sp³-hybridized carbons (Fsp3) is 0.209. The molecule has 0 aromatic heterocycles. The molecule has 0 fully saturated rings. The lowest BCUT2D eigenvalue weighted by Gasteiger charge is -2.29. The average Bonchev–Trinajstić information content (AvgIpc) is 3.08. The first-order valence-corrected chi connectivity index (χ1v) is 16.1. The molecule has 44 heavy (non-hydrogen) atoms. The molecule has 0 N–H and O–H groups in total. The predicted octanol–water partition coefficient (Wildman–Crippen LogP) is 12.8. The Bertz CT molecular complexity index is 1580. The molecule has 0 heterocycles. The fourth-order valence-electron chi connectivity index (χ4n) is 5.46. The SMILES string of the molecule is C/C=C\CCC/C(=C/C=C\Cc1ccc(N(C(/C=C\C)=C/C)c2ccccc2-c2ccc(-c3ccccc3)cc2)cc1)CC. The van der Waals surface area contributed by atoms with Crippen LogP contribution in [0.4, 0.5) is 11.4 Å². The maximum Gasteiger partial charge on any atom is 0.0539 e. The van der Waals surface area contributed by atoms with Crippen LogP contribution >= 0.6 is 0 Å². The summed E-state index contributed by atoms with van der Waals surface area (Å²) in [4.78, 5) is 2.37. The van der Waals surface area contributed by atoms with Crippen LogP contribution in [0.1, 0.15) is 58.9 Å². The number of unbranched alkanes of at least 4 members (excludes halogenated alkanes) is 1. The summed E-state index contributed by atoms with van der Waals surface area (Å²) in [6.07, 6.45) is 23.3. The first-order chi connectivity index (χ1) is 21.7. The molecule has 0 aliphatic carbocycles. The van der Waals surface area contributed by atoms with Crippen LogP contribution in [-0.2, 0) is 6.42 Å². The summed E-state index contributed by atoms with van der Waals surface area (Å²) >= 11 is 0. The highest BCUT2D eigenvalue weighted by Crippen LogP contribution is 2.39.